The van der Waals surface area contributed by atoms with Crippen LogP contribution in [0, 0.1) is 11.3 Å². The molecule has 4 nitrogen and oxygen atoms in total. The lowest BCUT2D eigenvalue weighted by molar-refractivity contribution is 0.484. The Balaban J connectivity index is 1.72. The molecule has 3 rings (SSSR count). The van der Waals surface area contributed by atoms with Gasteiger partial charge in [-0.25, -0.2) is 4.68 Å². The molecule has 0 bridgehead atoms. The molecular formula is C15H22ClN3O. The van der Waals surface area contributed by atoms with Crippen LogP contribution < -0.4 is 10.9 Å². The molecule has 2 aliphatic rings. The first-order valence-corrected chi connectivity index (χ1v) is 8.01. The molecule has 110 valence electrons. The normalized spacial score (nSPS) is 19.9. The Bertz CT molecular complexity index is 547. The molecule has 2 aliphatic carbocycles. The molecule has 1 heterocycles. The third-order valence-corrected chi connectivity index (χ3v) is 4.79. The van der Waals surface area contributed by atoms with Gasteiger partial charge in [-0.15, -0.1) is 0 Å². The van der Waals surface area contributed by atoms with Crippen LogP contribution in [0.2, 0.25) is 5.02 Å². The summed E-state index contributed by atoms with van der Waals surface area (Å²) in [6.45, 7) is 3.79. The van der Waals surface area contributed by atoms with Gasteiger partial charge in [0.1, 0.15) is 5.69 Å². The average Bonchev–Trinajstić information content (AvgIpc) is 3.31. The van der Waals surface area contributed by atoms with Crippen molar-refractivity contribution in [3.63, 3.8) is 0 Å². The fourth-order valence-electron chi connectivity index (χ4n) is 2.80. The van der Waals surface area contributed by atoms with E-state index in [0.717, 1.165) is 13.1 Å². The monoisotopic (exact) mass is 295 g/mol. The van der Waals surface area contributed by atoms with Crippen molar-refractivity contribution < 1.29 is 0 Å². The minimum absolute atomic E-state index is 0.0725. The van der Waals surface area contributed by atoms with Crippen molar-refractivity contribution in [1.29, 1.82) is 0 Å². The van der Waals surface area contributed by atoms with Crippen molar-refractivity contribution in [2.75, 3.05) is 11.9 Å². The first kappa shape index (κ1) is 13.9. The molecule has 0 unspecified atom stereocenters. The maximum atomic E-state index is 12.4. The van der Waals surface area contributed by atoms with Gasteiger partial charge in [-0.3, -0.25) is 4.79 Å². The van der Waals surface area contributed by atoms with Crippen molar-refractivity contribution in [3.8, 4) is 0 Å². The molecule has 0 atom stereocenters. The molecule has 1 aromatic rings. The van der Waals surface area contributed by atoms with Crippen molar-refractivity contribution in [3.05, 3.63) is 21.6 Å². The zero-order valence-electron chi connectivity index (χ0n) is 12.0. The van der Waals surface area contributed by atoms with Gasteiger partial charge in [-0.1, -0.05) is 24.9 Å². The van der Waals surface area contributed by atoms with E-state index in [2.05, 4.69) is 17.3 Å². The van der Waals surface area contributed by atoms with E-state index in [9.17, 15) is 4.79 Å². The van der Waals surface area contributed by atoms with E-state index in [1.165, 1.54) is 38.5 Å². The molecular weight excluding hydrogens is 274 g/mol. The summed E-state index contributed by atoms with van der Waals surface area (Å²) in [4.78, 5) is 12.4. The third-order valence-electron chi connectivity index (χ3n) is 4.50. The Morgan fingerprint density at radius 3 is 2.85 bits per heavy atom. The highest BCUT2D eigenvalue weighted by Gasteiger charge is 2.41. The lowest BCUT2D eigenvalue weighted by atomic mass is 10.0. The predicted molar refractivity (Wildman–Crippen MR) is 81.3 cm³/mol. The second-order valence-electron chi connectivity index (χ2n) is 6.40. The SMILES string of the molecule is CCCC1(CNc2c(Cl)cnn(CC3CC3)c2=O)CC1. The zero-order valence-corrected chi connectivity index (χ0v) is 12.7. The molecule has 0 aliphatic heterocycles. The highest BCUT2D eigenvalue weighted by Crippen LogP contribution is 2.49. The molecule has 1 N–H and O–H groups in total. The van der Waals surface area contributed by atoms with Crippen LogP contribution in [-0.2, 0) is 6.54 Å². The number of anilines is 1. The number of hydrogen-bond acceptors (Lipinski definition) is 3. The minimum atomic E-state index is -0.0725. The van der Waals surface area contributed by atoms with Gasteiger partial charge in [-0.05, 0) is 43.4 Å². The Morgan fingerprint density at radius 2 is 2.25 bits per heavy atom. The largest absolute Gasteiger partial charge is 0.379 e. The summed E-state index contributed by atoms with van der Waals surface area (Å²) >= 11 is 6.14. The first-order valence-electron chi connectivity index (χ1n) is 7.63. The van der Waals surface area contributed by atoms with E-state index < -0.39 is 0 Å². The van der Waals surface area contributed by atoms with Crippen LogP contribution in [0.4, 0.5) is 5.69 Å². The van der Waals surface area contributed by atoms with Gasteiger partial charge < -0.3 is 5.32 Å². The quantitative estimate of drug-likeness (QED) is 0.839. The van der Waals surface area contributed by atoms with Gasteiger partial charge in [0.15, 0.2) is 0 Å². The van der Waals surface area contributed by atoms with Crippen molar-refractivity contribution in [2.45, 2.75) is 52.0 Å². The van der Waals surface area contributed by atoms with Crippen LogP contribution >= 0.6 is 11.6 Å². The fourth-order valence-corrected chi connectivity index (χ4v) is 2.99. The minimum Gasteiger partial charge on any atom is -0.379 e. The smallest absolute Gasteiger partial charge is 0.291 e. The summed E-state index contributed by atoms with van der Waals surface area (Å²) in [5.41, 5.74) is 0.858. The van der Waals surface area contributed by atoms with Crippen molar-refractivity contribution in [1.82, 2.24) is 9.78 Å². The molecule has 0 radical (unpaired) electrons. The molecule has 2 fully saturated rings. The number of hydrogen-bond donors (Lipinski definition) is 1. The summed E-state index contributed by atoms with van der Waals surface area (Å²) < 4.78 is 1.56. The topological polar surface area (TPSA) is 46.9 Å². The van der Waals surface area contributed by atoms with E-state index in [0.29, 0.717) is 22.0 Å². The van der Waals surface area contributed by atoms with E-state index >= 15 is 0 Å². The van der Waals surface area contributed by atoms with E-state index in [1.54, 1.807) is 10.9 Å². The zero-order chi connectivity index (χ0) is 14.2. The molecule has 0 aromatic carbocycles. The van der Waals surface area contributed by atoms with Gasteiger partial charge in [0.2, 0.25) is 0 Å². The fraction of sp³-hybridized carbons (Fsp3) is 0.733. The number of halogens is 1. The Morgan fingerprint density at radius 1 is 1.50 bits per heavy atom. The van der Waals surface area contributed by atoms with E-state index in [4.69, 9.17) is 11.6 Å². The van der Waals surface area contributed by atoms with Crippen LogP contribution in [0.1, 0.15) is 45.4 Å². The lowest BCUT2D eigenvalue weighted by Gasteiger charge is -2.16. The van der Waals surface area contributed by atoms with Crippen LogP contribution in [-0.4, -0.2) is 16.3 Å². The summed E-state index contributed by atoms with van der Waals surface area (Å²) in [6, 6.07) is 0. The Labute approximate surface area is 124 Å². The Hall–Kier alpha value is -1.03. The van der Waals surface area contributed by atoms with Crippen LogP contribution in [0.15, 0.2) is 11.0 Å². The maximum absolute atomic E-state index is 12.4. The van der Waals surface area contributed by atoms with Crippen LogP contribution in [0.25, 0.3) is 0 Å². The van der Waals surface area contributed by atoms with Crippen molar-refractivity contribution in [2.24, 2.45) is 11.3 Å². The number of rotatable bonds is 7. The first-order chi connectivity index (χ1) is 9.63. The summed E-state index contributed by atoms with van der Waals surface area (Å²) in [7, 11) is 0. The maximum Gasteiger partial charge on any atom is 0.291 e. The summed E-state index contributed by atoms with van der Waals surface area (Å²) in [5.74, 6) is 0.629. The van der Waals surface area contributed by atoms with Gasteiger partial charge in [0.05, 0.1) is 11.2 Å². The van der Waals surface area contributed by atoms with Crippen LogP contribution in [0.3, 0.4) is 0 Å². The van der Waals surface area contributed by atoms with Crippen LogP contribution in [0.5, 0.6) is 0 Å². The molecule has 5 heteroatoms. The summed E-state index contributed by atoms with van der Waals surface area (Å²) in [6.07, 6.45) is 8.93. The predicted octanol–water partition coefficient (Wildman–Crippen LogP) is 3.30. The van der Waals surface area contributed by atoms with Gasteiger partial charge in [-0.2, -0.15) is 5.10 Å². The highest BCUT2D eigenvalue weighted by atomic mass is 35.5. The molecule has 2 saturated carbocycles. The van der Waals surface area contributed by atoms with Gasteiger partial charge in [0, 0.05) is 13.1 Å². The number of nitrogens with zero attached hydrogens (tertiary/aromatic N) is 2. The third kappa shape index (κ3) is 3.00. The van der Waals surface area contributed by atoms with Gasteiger partial charge >= 0.3 is 0 Å². The molecule has 0 amide bonds. The Kier molecular flexibility index (Phi) is 3.76. The standard InChI is InChI=1S/C15H22ClN3O/c1-2-5-15(6-7-15)10-17-13-12(16)8-18-19(14(13)20)9-11-3-4-11/h8,11,17H,2-7,9-10H2,1H3. The average molecular weight is 296 g/mol. The van der Waals surface area contributed by atoms with Crippen molar-refractivity contribution >= 4 is 17.3 Å². The molecule has 0 saturated heterocycles. The summed E-state index contributed by atoms with van der Waals surface area (Å²) in [5, 5.41) is 7.88. The molecule has 1 aromatic heterocycles. The second kappa shape index (κ2) is 5.40. The second-order valence-corrected chi connectivity index (χ2v) is 6.81. The number of aromatic nitrogens is 2. The lowest BCUT2D eigenvalue weighted by Crippen LogP contribution is -2.28. The highest BCUT2D eigenvalue weighted by molar-refractivity contribution is 6.32. The number of nitrogens with one attached hydrogen (secondary N) is 1. The van der Waals surface area contributed by atoms with E-state index in [1.807, 2.05) is 0 Å². The molecule has 20 heavy (non-hydrogen) atoms. The van der Waals surface area contributed by atoms with E-state index in [-0.39, 0.29) is 5.56 Å². The molecule has 0 spiro atoms. The van der Waals surface area contributed by atoms with Gasteiger partial charge in [0.25, 0.3) is 5.56 Å².